The van der Waals surface area contributed by atoms with E-state index in [1.165, 1.54) is 16.8 Å². The van der Waals surface area contributed by atoms with Crippen LogP contribution in [-0.4, -0.2) is 35.2 Å². The van der Waals surface area contributed by atoms with Gasteiger partial charge >= 0.3 is 0 Å². The molecule has 11 heteroatoms. The van der Waals surface area contributed by atoms with Gasteiger partial charge in [0.2, 0.25) is 5.78 Å². The topological polar surface area (TPSA) is 132 Å². The molecule has 10 nitrogen and oxygen atoms in total. The Morgan fingerprint density at radius 2 is 1.51 bits per heavy atom. The number of nitrogens with zero attached hydrogens (tertiary/aromatic N) is 3. The lowest BCUT2D eigenvalue weighted by molar-refractivity contribution is 0.102. The number of benzene rings is 4. The van der Waals surface area contributed by atoms with Crippen LogP contribution in [0.25, 0.3) is 16.5 Å². The van der Waals surface area contributed by atoms with E-state index in [1.807, 2.05) is 18.2 Å². The van der Waals surface area contributed by atoms with Crippen LogP contribution in [-0.2, 0) is 17.1 Å². The summed E-state index contributed by atoms with van der Waals surface area (Å²) in [5, 5.41) is 6.61. The van der Waals surface area contributed by atoms with Crippen LogP contribution in [0.1, 0.15) is 32.0 Å². The third-order valence-corrected chi connectivity index (χ3v) is 9.13. The van der Waals surface area contributed by atoms with Crippen LogP contribution in [0.15, 0.2) is 111 Å². The van der Waals surface area contributed by atoms with Gasteiger partial charge < -0.3 is 10.6 Å². The first-order valence-electron chi connectivity index (χ1n) is 13.3. The number of carbonyl (C=O) groups is 2. The second-order valence-corrected chi connectivity index (χ2v) is 11.8. The molecule has 0 spiro atoms. The van der Waals surface area contributed by atoms with E-state index >= 15 is 0 Å². The lowest BCUT2D eigenvalue weighted by Crippen LogP contribution is -2.25. The van der Waals surface area contributed by atoms with Gasteiger partial charge in [0.25, 0.3) is 21.5 Å². The first kappa shape index (κ1) is 26.4. The Balaban J connectivity index is 1.36. The van der Waals surface area contributed by atoms with Crippen molar-refractivity contribution in [2.75, 3.05) is 10.6 Å². The maximum absolute atomic E-state index is 13.8. The summed E-state index contributed by atoms with van der Waals surface area (Å²) in [7, 11) is -2.59. The van der Waals surface area contributed by atoms with Crippen LogP contribution >= 0.6 is 0 Å². The number of anilines is 2. The molecule has 1 aliphatic heterocycles. The molecule has 212 valence electrons. The summed E-state index contributed by atoms with van der Waals surface area (Å²) in [5.74, 6) is -0.710. The SMILES string of the molecule is Cc1c(NC2=C/C(=N/S(=O)(=O)c3ccc4c5c(cccc35)C(=O)N4)c3ccccc3C2=O)c(=O)n(-c2ccccc2)n1C. The smallest absolute Gasteiger partial charge is 0.295 e. The van der Waals surface area contributed by atoms with Gasteiger partial charge in [0, 0.05) is 40.2 Å². The van der Waals surface area contributed by atoms with Crippen molar-refractivity contribution in [1.29, 1.82) is 0 Å². The Labute approximate surface area is 245 Å². The van der Waals surface area contributed by atoms with Crippen LogP contribution < -0.4 is 16.2 Å². The highest BCUT2D eigenvalue weighted by molar-refractivity contribution is 7.90. The zero-order valence-corrected chi connectivity index (χ0v) is 23.8. The van der Waals surface area contributed by atoms with Crippen LogP contribution in [0.4, 0.5) is 11.4 Å². The molecule has 1 aromatic heterocycles. The monoisotopic (exact) mass is 589 g/mol. The molecule has 0 atom stereocenters. The Morgan fingerprint density at radius 3 is 2.28 bits per heavy atom. The zero-order chi connectivity index (χ0) is 30.0. The first-order valence-corrected chi connectivity index (χ1v) is 14.8. The standard InChI is InChI=1S/C32H23N5O5S/c1-18-29(32(40)37(36(18)2)19-9-4-3-5-10-19)33-26-17-25(20-11-6-7-12-21(20)30(26)38)35-43(41,42)27-16-15-24-28-22(27)13-8-14-23(28)31(39)34-24/h3-17,33H,1-2H3,(H,34,39)/b35-25-. The van der Waals surface area contributed by atoms with Crippen LogP contribution in [0.5, 0.6) is 0 Å². The maximum atomic E-state index is 13.8. The maximum Gasteiger partial charge on any atom is 0.295 e. The summed E-state index contributed by atoms with van der Waals surface area (Å²) in [6.07, 6.45) is 1.35. The number of carbonyl (C=O) groups excluding carboxylic acids is 2. The summed E-state index contributed by atoms with van der Waals surface area (Å²) in [4.78, 5) is 39.4. The number of para-hydroxylation sites is 1. The molecule has 0 fully saturated rings. The van der Waals surface area contributed by atoms with Crippen LogP contribution in [0, 0.1) is 6.92 Å². The summed E-state index contributed by atoms with van der Waals surface area (Å²) in [5.41, 5.74) is 2.57. The minimum Gasteiger partial charge on any atom is -0.346 e. The van der Waals surface area contributed by atoms with Crippen molar-refractivity contribution in [2.24, 2.45) is 11.4 Å². The molecule has 1 aliphatic carbocycles. The third-order valence-electron chi connectivity index (χ3n) is 7.78. The fourth-order valence-electron chi connectivity index (χ4n) is 5.61. The Morgan fingerprint density at radius 1 is 0.814 bits per heavy atom. The average Bonchev–Trinajstić information content (AvgIpc) is 3.44. The summed E-state index contributed by atoms with van der Waals surface area (Å²) >= 11 is 0. The molecule has 5 aromatic rings. The number of rotatable bonds is 5. The highest BCUT2D eigenvalue weighted by Gasteiger charge is 2.30. The first-order chi connectivity index (χ1) is 20.7. The van der Waals surface area contributed by atoms with Crippen molar-refractivity contribution < 1.29 is 18.0 Å². The van der Waals surface area contributed by atoms with Gasteiger partial charge in [0.1, 0.15) is 5.69 Å². The molecule has 2 N–H and O–H groups in total. The van der Waals surface area contributed by atoms with E-state index in [9.17, 15) is 22.8 Å². The molecule has 43 heavy (non-hydrogen) atoms. The van der Waals surface area contributed by atoms with Gasteiger partial charge in [-0.05, 0) is 43.3 Å². The summed E-state index contributed by atoms with van der Waals surface area (Å²) < 4.78 is 35.0. The second-order valence-electron chi connectivity index (χ2n) is 10.2. The molecule has 0 saturated heterocycles. The van der Waals surface area contributed by atoms with Gasteiger partial charge in [-0.15, -0.1) is 0 Å². The minimum atomic E-state index is -4.33. The number of ketones is 1. The number of aromatic nitrogens is 2. The largest absolute Gasteiger partial charge is 0.346 e. The predicted octanol–water partition coefficient (Wildman–Crippen LogP) is 4.57. The van der Waals surface area contributed by atoms with E-state index < -0.39 is 15.8 Å². The number of hydrogen-bond donors (Lipinski definition) is 2. The van der Waals surface area contributed by atoms with E-state index in [-0.39, 0.29) is 39.0 Å². The second kappa shape index (κ2) is 9.50. The van der Waals surface area contributed by atoms with E-state index in [2.05, 4.69) is 15.0 Å². The molecule has 0 unspecified atom stereocenters. The quantitative estimate of drug-likeness (QED) is 0.309. The molecule has 0 radical (unpaired) electrons. The van der Waals surface area contributed by atoms with Crippen molar-refractivity contribution in [3.8, 4) is 5.69 Å². The molecule has 7 rings (SSSR count). The zero-order valence-electron chi connectivity index (χ0n) is 23.0. The number of allylic oxidation sites excluding steroid dienone is 2. The molecule has 4 aromatic carbocycles. The van der Waals surface area contributed by atoms with E-state index in [1.54, 1.807) is 79.3 Å². The molecule has 0 bridgehead atoms. The van der Waals surface area contributed by atoms with E-state index in [0.29, 0.717) is 39.0 Å². The Kier molecular flexibility index (Phi) is 5.82. The molecular formula is C32H23N5O5S. The molecule has 1 amide bonds. The lowest BCUT2D eigenvalue weighted by atomic mass is 9.92. The molecule has 0 saturated carbocycles. The van der Waals surface area contributed by atoms with Gasteiger partial charge in [-0.1, -0.05) is 54.6 Å². The normalized spacial score (nSPS) is 15.0. The lowest BCUT2D eigenvalue weighted by Gasteiger charge is -2.18. The number of sulfonamides is 1. The number of amides is 1. The number of fused-ring (bicyclic) bond motifs is 1. The van der Waals surface area contributed by atoms with Crippen molar-refractivity contribution in [3.63, 3.8) is 0 Å². The Bertz CT molecular complexity index is 2280. The number of nitrogens with one attached hydrogen (secondary N) is 2. The van der Waals surface area contributed by atoms with Gasteiger partial charge in [-0.3, -0.25) is 19.1 Å². The molecule has 2 heterocycles. The van der Waals surface area contributed by atoms with Crippen molar-refractivity contribution in [3.05, 3.63) is 129 Å². The van der Waals surface area contributed by atoms with E-state index in [0.717, 1.165) is 0 Å². The highest BCUT2D eigenvalue weighted by Crippen LogP contribution is 2.37. The fraction of sp³-hybridized carbons (Fsp3) is 0.0625. The van der Waals surface area contributed by atoms with Crippen molar-refractivity contribution in [2.45, 2.75) is 11.8 Å². The molecular weight excluding hydrogens is 566 g/mol. The van der Waals surface area contributed by atoms with Gasteiger partial charge in [-0.2, -0.15) is 12.8 Å². The fourth-order valence-corrected chi connectivity index (χ4v) is 6.81. The van der Waals surface area contributed by atoms with Gasteiger partial charge in [0.15, 0.2) is 0 Å². The minimum absolute atomic E-state index is 0.00821. The number of hydrogen-bond acceptors (Lipinski definition) is 6. The Hall–Kier alpha value is -5.55. The van der Waals surface area contributed by atoms with Crippen LogP contribution in [0.3, 0.4) is 0 Å². The van der Waals surface area contributed by atoms with Gasteiger partial charge in [-0.25, -0.2) is 4.68 Å². The highest BCUT2D eigenvalue weighted by atomic mass is 32.2. The summed E-state index contributed by atoms with van der Waals surface area (Å²) in [6, 6.07) is 23.5. The predicted molar refractivity (Wildman–Crippen MR) is 164 cm³/mol. The average molecular weight is 590 g/mol. The third kappa shape index (κ3) is 4.04. The van der Waals surface area contributed by atoms with Crippen LogP contribution in [0.2, 0.25) is 0 Å². The van der Waals surface area contributed by atoms with E-state index in [4.69, 9.17) is 0 Å². The van der Waals surface area contributed by atoms with Crippen molar-refractivity contribution in [1.82, 2.24) is 9.36 Å². The number of Topliss-reactive ketones (excluding diaryl/α,β-unsaturated/α-hetero) is 1. The molecule has 2 aliphatic rings. The van der Waals surface area contributed by atoms with Gasteiger partial charge in [0.05, 0.1) is 27.7 Å². The summed E-state index contributed by atoms with van der Waals surface area (Å²) in [6.45, 7) is 1.75. The van der Waals surface area contributed by atoms with Crippen molar-refractivity contribution >= 4 is 49.6 Å².